The Morgan fingerprint density at radius 2 is 1.91 bits per heavy atom. The molecule has 120 valence electrons. The molecule has 1 N–H and O–H groups in total. The van der Waals surface area contributed by atoms with Crippen molar-refractivity contribution in [3.63, 3.8) is 0 Å². The monoisotopic (exact) mass is 317 g/mol. The number of amides is 1. The zero-order valence-corrected chi connectivity index (χ0v) is 12.4. The average molecular weight is 317 g/mol. The second kappa shape index (κ2) is 6.17. The predicted molar refractivity (Wildman–Crippen MR) is 77.0 cm³/mol. The van der Waals surface area contributed by atoms with E-state index in [4.69, 9.17) is 14.3 Å². The molecule has 1 aliphatic rings. The summed E-state index contributed by atoms with van der Waals surface area (Å²) in [6, 6.07) is 5.84. The minimum Gasteiger partial charge on any atom is -0.478 e. The maximum absolute atomic E-state index is 12.5. The molecular formula is C15H15N3O5. The van der Waals surface area contributed by atoms with Gasteiger partial charge in [-0.25, -0.2) is 4.79 Å². The lowest BCUT2D eigenvalue weighted by Crippen LogP contribution is -2.42. The van der Waals surface area contributed by atoms with Crippen molar-refractivity contribution >= 4 is 11.9 Å². The zero-order valence-electron chi connectivity index (χ0n) is 12.4. The van der Waals surface area contributed by atoms with E-state index < -0.39 is 12.1 Å². The molecule has 2 aromatic rings. The highest BCUT2D eigenvalue weighted by Gasteiger charge is 2.29. The average Bonchev–Trinajstić information content (AvgIpc) is 3.01. The Hall–Kier alpha value is -2.74. The number of rotatable bonds is 3. The van der Waals surface area contributed by atoms with Crippen molar-refractivity contribution in [3.8, 4) is 0 Å². The molecule has 1 unspecified atom stereocenters. The van der Waals surface area contributed by atoms with Crippen LogP contribution in [0.2, 0.25) is 0 Å². The third kappa shape index (κ3) is 3.21. The minimum absolute atomic E-state index is 0.141. The number of carboxylic acids is 1. The summed E-state index contributed by atoms with van der Waals surface area (Å²) in [4.78, 5) is 25.0. The van der Waals surface area contributed by atoms with Crippen LogP contribution >= 0.6 is 0 Å². The second-order valence-corrected chi connectivity index (χ2v) is 5.15. The van der Waals surface area contributed by atoms with Crippen LogP contribution in [0.5, 0.6) is 0 Å². The molecule has 1 aliphatic heterocycles. The van der Waals surface area contributed by atoms with Crippen LogP contribution in [0, 0.1) is 6.92 Å². The van der Waals surface area contributed by atoms with E-state index in [2.05, 4.69) is 10.2 Å². The summed E-state index contributed by atoms with van der Waals surface area (Å²) >= 11 is 0. The summed E-state index contributed by atoms with van der Waals surface area (Å²) in [5.41, 5.74) is 0.570. The molecule has 1 aromatic carbocycles. The molecule has 0 aliphatic carbocycles. The van der Waals surface area contributed by atoms with Gasteiger partial charge in [-0.05, 0) is 24.3 Å². The fourth-order valence-electron chi connectivity index (χ4n) is 2.36. The Balaban J connectivity index is 1.72. The lowest BCUT2D eigenvalue weighted by Gasteiger charge is -2.31. The standard InChI is InChI=1S/C15H15N3O5/c1-9-16-17-13(23-9)12-8-18(6-7-22-12)14(19)10-2-4-11(5-3-10)15(20)21/h2-5,12H,6-8H2,1H3,(H,20,21). The number of aryl methyl sites for hydroxylation is 1. The molecule has 23 heavy (non-hydrogen) atoms. The summed E-state index contributed by atoms with van der Waals surface area (Å²) in [6.07, 6.45) is -0.452. The van der Waals surface area contributed by atoms with Gasteiger partial charge < -0.3 is 19.2 Å². The Labute approximate surface area is 131 Å². The second-order valence-electron chi connectivity index (χ2n) is 5.15. The van der Waals surface area contributed by atoms with E-state index in [1.807, 2.05) is 0 Å². The minimum atomic E-state index is -1.03. The number of aromatic carboxylic acids is 1. The number of ether oxygens (including phenoxy) is 1. The fourth-order valence-corrected chi connectivity index (χ4v) is 2.36. The SMILES string of the molecule is Cc1nnc(C2CN(C(=O)c3ccc(C(=O)O)cc3)CCO2)o1. The predicted octanol–water partition coefficient (Wildman–Crippen LogP) is 1.29. The lowest BCUT2D eigenvalue weighted by atomic mass is 10.1. The molecule has 8 heteroatoms. The topological polar surface area (TPSA) is 106 Å². The molecule has 0 radical (unpaired) electrons. The van der Waals surface area contributed by atoms with Gasteiger partial charge in [0.25, 0.3) is 5.91 Å². The summed E-state index contributed by atoms with van der Waals surface area (Å²) < 4.78 is 10.9. The molecular weight excluding hydrogens is 302 g/mol. The van der Waals surface area contributed by atoms with E-state index >= 15 is 0 Å². The summed E-state index contributed by atoms with van der Waals surface area (Å²) in [7, 11) is 0. The Morgan fingerprint density at radius 3 is 2.52 bits per heavy atom. The first-order chi connectivity index (χ1) is 11.0. The molecule has 0 bridgehead atoms. The van der Waals surface area contributed by atoms with E-state index in [1.54, 1.807) is 11.8 Å². The van der Waals surface area contributed by atoms with E-state index in [-0.39, 0.29) is 11.5 Å². The van der Waals surface area contributed by atoms with Gasteiger partial charge in [-0.1, -0.05) is 0 Å². The molecule has 1 saturated heterocycles. The summed E-state index contributed by atoms with van der Waals surface area (Å²) in [5, 5.41) is 16.6. The number of aromatic nitrogens is 2. The molecule has 2 heterocycles. The van der Waals surface area contributed by atoms with Gasteiger partial charge in [0.15, 0.2) is 6.10 Å². The van der Waals surface area contributed by atoms with Crippen molar-refractivity contribution in [1.82, 2.24) is 15.1 Å². The molecule has 8 nitrogen and oxygen atoms in total. The van der Waals surface area contributed by atoms with Gasteiger partial charge in [0.2, 0.25) is 11.8 Å². The molecule has 3 rings (SSSR count). The number of hydrogen-bond donors (Lipinski definition) is 1. The Bertz CT molecular complexity index is 725. The van der Waals surface area contributed by atoms with Gasteiger partial charge >= 0.3 is 5.97 Å². The van der Waals surface area contributed by atoms with Gasteiger partial charge in [-0.15, -0.1) is 10.2 Å². The zero-order chi connectivity index (χ0) is 16.4. The van der Waals surface area contributed by atoms with Gasteiger partial charge in [0.1, 0.15) is 0 Å². The van der Waals surface area contributed by atoms with Crippen molar-refractivity contribution in [2.75, 3.05) is 19.7 Å². The highest BCUT2D eigenvalue weighted by molar-refractivity contribution is 5.96. The molecule has 0 spiro atoms. The Kier molecular flexibility index (Phi) is 4.07. The highest BCUT2D eigenvalue weighted by atomic mass is 16.5. The Morgan fingerprint density at radius 1 is 1.22 bits per heavy atom. The lowest BCUT2D eigenvalue weighted by molar-refractivity contribution is -0.0349. The number of carboxylic acid groups (broad SMARTS) is 1. The first-order valence-corrected chi connectivity index (χ1v) is 7.09. The maximum atomic E-state index is 12.5. The smallest absolute Gasteiger partial charge is 0.335 e. The van der Waals surface area contributed by atoms with Crippen LogP contribution < -0.4 is 0 Å². The van der Waals surface area contributed by atoms with Crippen LogP contribution in [0.15, 0.2) is 28.7 Å². The number of morpholine rings is 1. The van der Waals surface area contributed by atoms with Crippen LogP contribution in [0.3, 0.4) is 0 Å². The van der Waals surface area contributed by atoms with Crippen molar-refractivity contribution < 1.29 is 23.8 Å². The van der Waals surface area contributed by atoms with Crippen LogP contribution in [0.1, 0.15) is 38.6 Å². The van der Waals surface area contributed by atoms with E-state index in [9.17, 15) is 9.59 Å². The number of hydrogen-bond acceptors (Lipinski definition) is 6. The first kappa shape index (κ1) is 15.2. The number of carbonyl (C=O) groups is 2. The van der Waals surface area contributed by atoms with E-state index in [0.29, 0.717) is 37.0 Å². The van der Waals surface area contributed by atoms with Crippen LogP contribution in [-0.4, -0.2) is 51.8 Å². The molecule has 1 aromatic heterocycles. The highest BCUT2D eigenvalue weighted by Crippen LogP contribution is 2.22. The van der Waals surface area contributed by atoms with Gasteiger partial charge in [-0.2, -0.15) is 0 Å². The van der Waals surface area contributed by atoms with E-state index in [1.165, 1.54) is 24.3 Å². The first-order valence-electron chi connectivity index (χ1n) is 7.09. The fraction of sp³-hybridized carbons (Fsp3) is 0.333. The third-order valence-corrected chi connectivity index (χ3v) is 3.55. The molecule has 1 amide bonds. The van der Waals surface area contributed by atoms with Gasteiger partial charge in [0, 0.05) is 19.0 Å². The van der Waals surface area contributed by atoms with Crippen molar-refractivity contribution in [2.24, 2.45) is 0 Å². The van der Waals surface area contributed by atoms with E-state index in [0.717, 1.165) is 0 Å². The quantitative estimate of drug-likeness (QED) is 0.909. The molecule has 1 fully saturated rings. The maximum Gasteiger partial charge on any atom is 0.335 e. The van der Waals surface area contributed by atoms with Crippen LogP contribution in [-0.2, 0) is 4.74 Å². The molecule has 0 saturated carbocycles. The summed E-state index contributed by atoms with van der Waals surface area (Å²) in [5.74, 6) is -0.425. The normalized spacial score (nSPS) is 18.0. The van der Waals surface area contributed by atoms with Crippen LogP contribution in [0.4, 0.5) is 0 Å². The van der Waals surface area contributed by atoms with Crippen LogP contribution in [0.25, 0.3) is 0 Å². The number of nitrogens with zero attached hydrogens (tertiary/aromatic N) is 3. The molecule has 1 atom stereocenters. The van der Waals surface area contributed by atoms with Crippen molar-refractivity contribution in [3.05, 3.63) is 47.2 Å². The number of carbonyl (C=O) groups excluding carboxylic acids is 1. The summed E-state index contributed by atoms with van der Waals surface area (Å²) in [6.45, 7) is 2.81. The largest absolute Gasteiger partial charge is 0.478 e. The number of benzene rings is 1. The van der Waals surface area contributed by atoms with Gasteiger partial charge in [-0.3, -0.25) is 4.79 Å². The van der Waals surface area contributed by atoms with Crippen molar-refractivity contribution in [2.45, 2.75) is 13.0 Å². The third-order valence-electron chi connectivity index (χ3n) is 3.55. The van der Waals surface area contributed by atoms with Gasteiger partial charge in [0.05, 0.1) is 18.7 Å². The van der Waals surface area contributed by atoms with Crippen molar-refractivity contribution in [1.29, 1.82) is 0 Å².